The van der Waals surface area contributed by atoms with Crippen LogP contribution in [0.1, 0.15) is 26.7 Å². The Morgan fingerprint density at radius 3 is 2.66 bits per heavy atom. The molecule has 1 aromatic carbocycles. The number of aromatic nitrogens is 2. The van der Waals surface area contributed by atoms with Crippen LogP contribution in [0.3, 0.4) is 0 Å². The van der Waals surface area contributed by atoms with Gasteiger partial charge in [0.15, 0.2) is 5.82 Å². The van der Waals surface area contributed by atoms with Gasteiger partial charge < -0.3 is 15.1 Å². The molecule has 0 aliphatic carbocycles. The van der Waals surface area contributed by atoms with E-state index in [1.807, 2.05) is 53.7 Å². The number of para-hydroxylation sites is 1. The molecule has 0 bridgehead atoms. The molecule has 1 amide bonds. The number of nitrogens with zero attached hydrogens (tertiary/aromatic N) is 4. The highest BCUT2D eigenvalue weighted by Crippen LogP contribution is 2.28. The Labute approximate surface area is 172 Å². The molecular formula is C23H29N5O. The largest absolute Gasteiger partial charge is 0.380 e. The molecule has 29 heavy (non-hydrogen) atoms. The van der Waals surface area contributed by atoms with E-state index in [0.717, 1.165) is 48.3 Å². The molecule has 1 fully saturated rings. The van der Waals surface area contributed by atoms with E-state index in [-0.39, 0.29) is 6.03 Å². The molecule has 6 nitrogen and oxygen atoms in total. The first-order valence-corrected chi connectivity index (χ1v) is 10.3. The van der Waals surface area contributed by atoms with Gasteiger partial charge in [0.05, 0.1) is 11.2 Å². The van der Waals surface area contributed by atoms with Crippen LogP contribution >= 0.6 is 0 Å². The van der Waals surface area contributed by atoms with E-state index in [1.165, 1.54) is 0 Å². The predicted octanol–water partition coefficient (Wildman–Crippen LogP) is 4.43. The SMILES string of the molecule is CC(C)Nc1cccnc1N(C)C1CCN(C(=O)n2ccc3ccccc32)CC1. The van der Waals surface area contributed by atoms with E-state index in [0.29, 0.717) is 12.1 Å². The summed E-state index contributed by atoms with van der Waals surface area (Å²) in [5, 5.41) is 4.58. The molecule has 4 rings (SSSR count). The van der Waals surface area contributed by atoms with E-state index in [1.54, 1.807) is 4.57 Å². The number of carbonyl (C=O) groups excluding carboxylic acids is 1. The Kier molecular flexibility index (Phi) is 5.43. The summed E-state index contributed by atoms with van der Waals surface area (Å²) in [5.41, 5.74) is 2.02. The van der Waals surface area contributed by atoms with E-state index < -0.39 is 0 Å². The zero-order valence-electron chi connectivity index (χ0n) is 17.4. The van der Waals surface area contributed by atoms with Crippen molar-refractivity contribution in [1.82, 2.24) is 14.5 Å². The lowest BCUT2D eigenvalue weighted by Crippen LogP contribution is -2.47. The Hall–Kier alpha value is -3.02. The fraction of sp³-hybridized carbons (Fsp3) is 0.391. The summed E-state index contributed by atoms with van der Waals surface area (Å²) in [5.74, 6) is 0.974. The van der Waals surface area contributed by atoms with Gasteiger partial charge in [-0.25, -0.2) is 9.78 Å². The van der Waals surface area contributed by atoms with Crippen LogP contribution in [-0.4, -0.2) is 52.7 Å². The van der Waals surface area contributed by atoms with Gasteiger partial charge in [0.25, 0.3) is 0 Å². The first-order valence-electron chi connectivity index (χ1n) is 10.3. The van der Waals surface area contributed by atoms with Crippen molar-refractivity contribution >= 4 is 28.4 Å². The van der Waals surface area contributed by atoms with Crippen LogP contribution in [0.25, 0.3) is 10.9 Å². The van der Waals surface area contributed by atoms with Gasteiger partial charge in [-0.2, -0.15) is 0 Å². The van der Waals surface area contributed by atoms with Crippen LogP contribution in [0.15, 0.2) is 54.9 Å². The first-order chi connectivity index (χ1) is 14.0. The lowest BCUT2D eigenvalue weighted by atomic mass is 10.0. The van der Waals surface area contributed by atoms with Crippen molar-refractivity contribution in [3.05, 3.63) is 54.9 Å². The Bertz CT molecular complexity index is 988. The minimum atomic E-state index is 0.0623. The van der Waals surface area contributed by atoms with Crippen molar-refractivity contribution in [3.8, 4) is 0 Å². The van der Waals surface area contributed by atoms with Gasteiger partial charge in [0.1, 0.15) is 0 Å². The van der Waals surface area contributed by atoms with E-state index in [2.05, 4.69) is 42.2 Å². The van der Waals surface area contributed by atoms with Crippen LogP contribution < -0.4 is 10.2 Å². The number of anilines is 2. The number of amides is 1. The quantitative estimate of drug-likeness (QED) is 0.715. The monoisotopic (exact) mass is 391 g/mol. The number of fused-ring (bicyclic) bond motifs is 1. The third-order valence-corrected chi connectivity index (χ3v) is 5.65. The number of hydrogen-bond acceptors (Lipinski definition) is 4. The highest BCUT2D eigenvalue weighted by atomic mass is 16.2. The zero-order valence-corrected chi connectivity index (χ0v) is 17.4. The van der Waals surface area contributed by atoms with Gasteiger partial charge in [0, 0.05) is 50.0 Å². The Morgan fingerprint density at radius 1 is 1.14 bits per heavy atom. The summed E-state index contributed by atoms with van der Waals surface area (Å²) in [6.07, 6.45) is 5.58. The molecule has 0 spiro atoms. The van der Waals surface area contributed by atoms with Crippen LogP contribution in [0.2, 0.25) is 0 Å². The topological polar surface area (TPSA) is 53.4 Å². The van der Waals surface area contributed by atoms with Crippen molar-refractivity contribution < 1.29 is 4.79 Å². The van der Waals surface area contributed by atoms with E-state index in [9.17, 15) is 4.79 Å². The summed E-state index contributed by atoms with van der Waals surface area (Å²) < 4.78 is 1.77. The summed E-state index contributed by atoms with van der Waals surface area (Å²) in [7, 11) is 2.11. The molecule has 3 heterocycles. The molecule has 1 N–H and O–H groups in total. The standard InChI is InChI=1S/C23H29N5O/c1-17(2)25-20-8-6-13-24-22(20)26(3)19-11-14-27(15-12-19)23(29)28-16-10-18-7-4-5-9-21(18)28/h4-10,13,16-17,19,25H,11-12,14-15H2,1-3H3. The molecule has 0 radical (unpaired) electrons. The molecule has 0 atom stereocenters. The first kappa shape index (κ1) is 19.3. The van der Waals surface area contributed by atoms with Crippen molar-refractivity contribution in [2.75, 3.05) is 30.4 Å². The minimum absolute atomic E-state index is 0.0623. The average Bonchev–Trinajstić information content (AvgIpc) is 3.17. The van der Waals surface area contributed by atoms with Gasteiger partial charge in [-0.05, 0) is 51.0 Å². The van der Waals surface area contributed by atoms with Gasteiger partial charge in [-0.3, -0.25) is 4.57 Å². The summed E-state index contributed by atoms with van der Waals surface area (Å²) >= 11 is 0. The highest BCUT2D eigenvalue weighted by Gasteiger charge is 2.28. The van der Waals surface area contributed by atoms with Crippen molar-refractivity contribution in [2.45, 2.75) is 38.8 Å². The second kappa shape index (κ2) is 8.15. The molecule has 0 unspecified atom stereocenters. The number of rotatable bonds is 4. The number of nitrogens with one attached hydrogen (secondary N) is 1. The molecule has 3 aromatic rings. The number of pyridine rings is 1. The van der Waals surface area contributed by atoms with Gasteiger partial charge in [-0.15, -0.1) is 0 Å². The number of hydrogen-bond donors (Lipinski definition) is 1. The molecule has 152 valence electrons. The molecule has 1 aliphatic heterocycles. The molecule has 6 heteroatoms. The fourth-order valence-corrected chi connectivity index (χ4v) is 4.12. The maximum Gasteiger partial charge on any atom is 0.328 e. The van der Waals surface area contributed by atoms with Gasteiger partial charge >= 0.3 is 6.03 Å². The molecule has 1 aliphatic rings. The number of benzene rings is 1. The molecular weight excluding hydrogens is 362 g/mol. The maximum absolute atomic E-state index is 13.0. The zero-order chi connectivity index (χ0) is 20.4. The summed E-state index contributed by atoms with van der Waals surface area (Å²) in [6.45, 7) is 5.76. The Balaban J connectivity index is 1.44. The molecule has 1 saturated heterocycles. The lowest BCUT2D eigenvalue weighted by Gasteiger charge is -2.38. The molecule has 2 aromatic heterocycles. The van der Waals surface area contributed by atoms with Crippen molar-refractivity contribution in [2.24, 2.45) is 0 Å². The maximum atomic E-state index is 13.0. The van der Waals surface area contributed by atoms with Crippen LogP contribution in [-0.2, 0) is 0 Å². The third-order valence-electron chi connectivity index (χ3n) is 5.65. The van der Waals surface area contributed by atoms with Gasteiger partial charge in [-0.1, -0.05) is 18.2 Å². The van der Waals surface area contributed by atoms with Gasteiger partial charge in [0.2, 0.25) is 0 Å². The van der Waals surface area contributed by atoms with Crippen molar-refractivity contribution in [1.29, 1.82) is 0 Å². The summed E-state index contributed by atoms with van der Waals surface area (Å²) in [6, 6.07) is 14.8. The summed E-state index contributed by atoms with van der Waals surface area (Å²) in [4.78, 5) is 21.9. The number of carbonyl (C=O) groups is 1. The average molecular weight is 392 g/mol. The van der Waals surface area contributed by atoms with Crippen LogP contribution in [0.5, 0.6) is 0 Å². The second-order valence-corrected chi connectivity index (χ2v) is 8.03. The number of likely N-dealkylation sites (tertiary alicyclic amines) is 1. The van der Waals surface area contributed by atoms with Crippen molar-refractivity contribution in [3.63, 3.8) is 0 Å². The lowest BCUT2D eigenvalue weighted by molar-refractivity contribution is 0.183. The Morgan fingerprint density at radius 2 is 1.90 bits per heavy atom. The molecule has 0 saturated carbocycles. The second-order valence-electron chi connectivity index (χ2n) is 8.03. The highest BCUT2D eigenvalue weighted by molar-refractivity contribution is 5.91. The number of piperidine rings is 1. The minimum Gasteiger partial charge on any atom is -0.380 e. The fourth-order valence-electron chi connectivity index (χ4n) is 4.12. The van der Waals surface area contributed by atoms with Crippen LogP contribution in [0, 0.1) is 0 Å². The normalized spacial score (nSPS) is 15.1. The third kappa shape index (κ3) is 3.92. The predicted molar refractivity (Wildman–Crippen MR) is 119 cm³/mol. The van der Waals surface area contributed by atoms with Crippen LogP contribution in [0.4, 0.5) is 16.3 Å². The smallest absolute Gasteiger partial charge is 0.328 e. The van der Waals surface area contributed by atoms with E-state index in [4.69, 9.17) is 0 Å². The van der Waals surface area contributed by atoms with E-state index >= 15 is 0 Å².